The molecule has 0 saturated carbocycles. The van der Waals surface area contributed by atoms with Crippen molar-refractivity contribution in [1.82, 2.24) is 10.9 Å². The quantitative estimate of drug-likeness (QED) is 0.517. The summed E-state index contributed by atoms with van der Waals surface area (Å²) < 4.78 is 40.2. The lowest BCUT2D eigenvalue weighted by atomic mass is 9.93. The molecule has 1 aliphatic rings. The maximum atomic E-state index is 13.4. The Balaban J connectivity index is 2.01. The average molecular weight is 447 g/mol. The first kappa shape index (κ1) is 23.5. The number of rotatable bonds is 6. The molecule has 2 N–H and O–H groups in total. The molecule has 0 spiro atoms. The molecule has 2 aromatic rings. The standard InChI is InChI=1S/C23H24F3N3O3/c1-12-7-13(2)9-17(8-12)29-19-11-16(23(24,25)26)5-6-18(19)21(22(29)32)15(4)27-28-20(31)10-14(3)30/h5-9,11,15,21,27H,10H2,1-4H3,(H,28,31). The summed E-state index contributed by atoms with van der Waals surface area (Å²) in [7, 11) is 0. The van der Waals surface area contributed by atoms with Crippen LogP contribution in [-0.2, 0) is 20.6 Å². The van der Waals surface area contributed by atoms with Gasteiger partial charge in [0.05, 0.1) is 23.6 Å². The summed E-state index contributed by atoms with van der Waals surface area (Å²) in [5.41, 5.74) is 7.04. The van der Waals surface area contributed by atoms with Crippen molar-refractivity contribution in [2.45, 2.75) is 52.3 Å². The van der Waals surface area contributed by atoms with Crippen LogP contribution >= 0.6 is 0 Å². The third-order valence-electron chi connectivity index (χ3n) is 5.23. The highest BCUT2D eigenvalue weighted by molar-refractivity contribution is 6.11. The predicted molar refractivity (Wildman–Crippen MR) is 113 cm³/mol. The molecular formula is C23H24F3N3O3. The third-order valence-corrected chi connectivity index (χ3v) is 5.23. The second-order valence-electron chi connectivity index (χ2n) is 8.13. The van der Waals surface area contributed by atoms with Crippen LogP contribution in [-0.4, -0.2) is 23.6 Å². The Hall–Kier alpha value is -3.20. The molecule has 0 aliphatic carbocycles. The molecular weight excluding hydrogens is 423 g/mol. The van der Waals surface area contributed by atoms with Gasteiger partial charge in [-0.15, -0.1) is 0 Å². The minimum Gasteiger partial charge on any atom is -0.299 e. The number of Topliss-reactive ketones (excluding diaryl/α,β-unsaturated/α-hetero) is 1. The van der Waals surface area contributed by atoms with E-state index >= 15 is 0 Å². The van der Waals surface area contributed by atoms with Crippen molar-refractivity contribution in [3.05, 3.63) is 58.7 Å². The van der Waals surface area contributed by atoms with Crippen molar-refractivity contribution < 1.29 is 27.6 Å². The average Bonchev–Trinajstić information content (AvgIpc) is 2.95. The van der Waals surface area contributed by atoms with E-state index in [1.807, 2.05) is 19.9 Å². The second kappa shape index (κ2) is 8.74. The Kier molecular flexibility index (Phi) is 6.41. The summed E-state index contributed by atoms with van der Waals surface area (Å²) in [5, 5.41) is 0. The van der Waals surface area contributed by atoms with Gasteiger partial charge in [0.15, 0.2) is 0 Å². The van der Waals surface area contributed by atoms with E-state index in [-0.39, 0.29) is 17.9 Å². The summed E-state index contributed by atoms with van der Waals surface area (Å²) in [4.78, 5) is 37.6. The summed E-state index contributed by atoms with van der Waals surface area (Å²) in [6.07, 6.45) is -4.88. The molecule has 2 amide bonds. The monoisotopic (exact) mass is 447 g/mol. The van der Waals surface area contributed by atoms with Gasteiger partial charge >= 0.3 is 6.18 Å². The van der Waals surface area contributed by atoms with Gasteiger partial charge in [0, 0.05) is 11.7 Å². The molecule has 6 nitrogen and oxygen atoms in total. The van der Waals surface area contributed by atoms with Crippen LogP contribution in [0.5, 0.6) is 0 Å². The summed E-state index contributed by atoms with van der Waals surface area (Å²) in [5.74, 6) is -2.13. The van der Waals surface area contributed by atoms with Gasteiger partial charge < -0.3 is 0 Å². The number of hydrogen-bond donors (Lipinski definition) is 2. The van der Waals surface area contributed by atoms with Gasteiger partial charge in [-0.25, -0.2) is 5.43 Å². The zero-order valence-electron chi connectivity index (χ0n) is 18.1. The fourth-order valence-electron chi connectivity index (χ4n) is 3.94. The van der Waals surface area contributed by atoms with Crippen molar-refractivity contribution in [3.63, 3.8) is 0 Å². The lowest BCUT2D eigenvalue weighted by Gasteiger charge is -2.22. The molecule has 1 aliphatic heterocycles. The number of nitrogens with zero attached hydrogens (tertiary/aromatic N) is 1. The minimum absolute atomic E-state index is 0.156. The van der Waals surface area contributed by atoms with E-state index in [1.54, 1.807) is 19.1 Å². The molecule has 1 heterocycles. The molecule has 9 heteroatoms. The number of benzene rings is 2. The molecule has 170 valence electrons. The van der Waals surface area contributed by atoms with Crippen LogP contribution in [0, 0.1) is 13.8 Å². The lowest BCUT2D eigenvalue weighted by Crippen LogP contribution is -2.47. The van der Waals surface area contributed by atoms with E-state index in [9.17, 15) is 27.6 Å². The highest BCUT2D eigenvalue weighted by atomic mass is 19.4. The first-order valence-corrected chi connectivity index (χ1v) is 10.1. The zero-order chi connectivity index (χ0) is 23.8. The number of aryl methyl sites for hydroxylation is 2. The molecule has 0 aromatic heterocycles. The number of halogens is 3. The van der Waals surface area contributed by atoms with Crippen LogP contribution in [0.1, 0.15) is 48.4 Å². The fourth-order valence-corrected chi connectivity index (χ4v) is 3.94. The van der Waals surface area contributed by atoms with Gasteiger partial charge in [-0.1, -0.05) is 12.1 Å². The molecule has 32 heavy (non-hydrogen) atoms. The first-order valence-electron chi connectivity index (χ1n) is 10.1. The van der Waals surface area contributed by atoms with E-state index in [1.165, 1.54) is 17.9 Å². The number of amides is 2. The lowest BCUT2D eigenvalue weighted by molar-refractivity contribution is -0.137. The van der Waals surface area contributed by atoms with E-state index < -0.39 is 35.5 Å². The number of alkyl halides is 3. The van der Waals surface area contributed by atoms with Gasteiger partial charge in [0.1, 0.15) is 5.78 Å². The highest BCUT2D eigenvalue weighted by Gasteiger charge is 2.43. The van der Waals surface area contributed by atoms with Crippen LogP contribution in [0.15, 0.2) is 36.4 Å². The van der Waals surface area contributed by atoms with E-state index in [0.29, 0.717) is 11.3 Å². The number of hydrogen-bond acceptors (Lipinski definition) is 4. The summed E-state index contributed by atoms with van der Waals surface area (Å²) in [6.45, 7) is 6.61. The third kappa shape index (κ3) is 4.83. The van der Waals surface area contributed by atoms with Crippen molar-refractivity contribution in [2.75, 3.05) is 4.90 Å². The van der Waals surface area contributed by atoms with E-state index in [2.05, 4.69) is 10.9 Å². The normalized spacial score (nSPS) is 16.7. The Morgan fingerprint density at radius 1 is 1.09 bits per heavy atom. The number of ketones is 1. The maximum Gasteiger partial charge on any atom is 0.416 e. The molecule has 0 radical (unpaired) electrons. The van der Waals surface area contributed by atoms with Gasteiger partial charge in [-0.05, 0) is 68.7 Å². The van der Waals surface area contributed by atoms with Crippen molar-refractivity contribution in [3.8, 4) is 0 Å². The minimum atomic E-state index is -4.56. The summed E-state index contributed by atoms with van der Waals surface area (Å²) in [6, 6.07) is 7.97. The molecule has 0 bridgehead atoms. The van der Waals surface area contributed by atoms with E-state index in [0.717, 1.165) is 23.3 Å². The van der Waals surface area contributed by atoms with Crippen molar-refractivity contribution in [1.29, 1.82) is 0 Å². The largest absolute Gasteiger partial charge is 0.416 e. The Morgan fingerprint density at radius 3 is 2.28 bits per heavy atom. The van der Waals surface area contributed by atoms with Gasteiger partial charge in [-0.2, -0.15) is 13.2 Å². The molecule has 0 saturated heterocycles. The number of anilines is 2. The Morgan fingerprint density at radius 2 is 1.72 bits per heavy atom. The predicted octanol–water partition coefficient (Wildman–Crippen LogP) is 4.07. The first-order chi connectivity index (χ1) is 14.9. The smallest absolute Gasteiger partial charge is 0.299 e. The molecule has 2 unspecified atom stereocenters. The van der Waals surface area contributed by atoms with Gasteiger partial charge in [0.25, 0.3) is 0 Å². The fraction of sp³-hybridized carbons (Fsp3) is 0.348. The second-order valence-corrected chi connectivity index (χ2v) is 8.13. The van der Waals surface area contributed by atoms with Crippen LogP contribution < -0.4 is 15.8 Å². The zero-order valence-corrected chi connectivity index (χ0v) is 18.1. The highest BCUT2D eigenvalue weighted by Crippen LogP contribution is 2.46. The topological polar surface area (TPSA) is 78.5 Å². The summed E-state index contributed by atoms with van der Waals surface area (Å²) >= 11 is 0. The number of hydrazine groups is 1. The number of fused-ring (bicyclic) bond motifs is 1. The maximum absolute atomic E-state index is 13.4. The van der Waals surface area contributed by atoms with E-state index in [4.69, 9.17) is 0 Å². The van der Waals surface area contributed by atoms with Gasteiger partial charge in [-0.3, -0.25) is 24.7 Å². The van der Waals surface area contributed by atoms with Crippen molar-refractivity contribution in [2.24, 2.45) is 0 Å². The SMILES string of the molecule is CC(=O)CC(=O)NNC(C)C1C(=O)N(c2cc(C)cc(C)c2)c2cc(C(F)(F)F)ccc21. The van der Waals surface area contributed by atoms with Crippen LogP contribution in [0.4, 0.5) is 24.5 Å². The van der Waals surface area contributed by atoms with Crippen LogP contribution in [0.2, 0.25) is 0 Å². The number of carbonyl (C=O) groups excluding carboxylic acids is 3. The van der Waals surface area contributed by atoms with Crippen LogP contribution in [0.3, 0.4) is 0 Å². The van der Waals surface area contributed by atoms with Crippen molar-refractivity contribution >= 4 is 29.0 Å². The molecule has 2 atom stereocenters. The Bertz CT molecular complexity index is 1060. The number of nitrogens with one attached hydrogen (secondary N) is 2. The molecule has 2 aromatic carbocycles. The van der Waals surface area contributed by atoms with Crippen LogP contribution in [0.25, 0.3) is 0 Å². The molecule has 3 rings (SSSR count). The van der Waals surface area contributed by atoms with Gasteiger partial charge in [0.2, 0.25) is 11.8 Å². The Labute approximate surface area is 183 Å². The molecule has 0 fully saturated rings. The number of carbonyl (C=O) groups is 3.